The fraction of sp³-hybridized carbons (Fsp3) is 0.200. The van der Waals surface area contributed by atoms with Crippen LogP contribution in [0.15, 0.2) is 59.5 Å². The molecule has 0 atom stereocenters. The van der Waals surface area contributed by atoms with Crippen molar-refractivity contribution >= 4 is 25.0 Å². The number of thioether (sulfide) groups is 1. The first-order chi connectivity index (χ1) is 8.58. The Morgan fingerprint density at radius 3 is 2.17 bits per heavy atom. The summed E-state index contributed by atoms with van der Waals surface area (Å²) in [5, 5.41) is 11.9. The minimum absolute atomic E-state index is 0.332. The van der Waals surface area contributed by atoms with E-state index in [2.05, 4.69) is 43.4 Å². The SMILES string of the molecule is C[Si](C)(CSc1ccc(O)cc1)c1ccccc1. The molecule has 0 unspecified atom stereocenters. The number of hydrogen-bond acceptors (Lipinski definition) is 2. The fourth-order valence-electron chi connectivity index (χ4n) is 1.78. The number of aromatic hydroxyl groups is 1. The smallest absolute Gasteiger partial charge is 0.115 e. The van der Waals surface area contributed by atoms with Gasteiger partial charge in [0.05, 0.1) is 8.07 Å². The monoisotopic (exact) mass is 274 g/mol. The summed E-state index contributed by atoms with van der Waals surface area (Å²) in [6.07, 6.45) is 0. The van der Waals surface area contributed by atoms with E-state index in [1.165, 1.54) is 10.1 Å². The Morgan fingerprint density at radius 1 is 0.944 bits per heavy atom. The summed E-state index contributed by atoms with van der Waals surface area (Å²) in [7, 11) is -1.38. The standard InChI is InChI=1S/C15H18OSSi/c1-18(2,15-6-4-3-5-7-15)12-17-14-10-8-13(16)9-11-14/h3-11,16H,12H2,1-2H3. The van der Waals surface area contributed by atoms with Crippen molar-refractivity contribution in [3.63, 3.8) is 0 Å². The van der Waals surface area contributed by atoms with E-state index in [-0.39, 0.29) is 0 Å². The lowest BCUT2D eigenvalue weighted by Crippen LogP contribution is -2.44. The minimum Gasteiger partial charge on any atom is -0.508 e. The lowest BCUT2D eigenvalue weighted by molar-refractivity contribution is 0.475. The van der Waals surface area contributed by atoms with E-state index in [1.807, 2.05) is 23.9 Å². The van der Waals surface area contributed by atoms with Crippen LogP contribution in [0.2, 0.25) is 13.1 Å². The molecular formula is C15H18OSSi. The maximum atomic E-state index is 9.26. The molecule has 0 aliphatic heterocycles. The number of phenols is 1. The molecule has 0 heterocycles. The molecule has 0 bridgehead atoms. The molecule has 0 spiro atoms. The van der Waals surface area contributed by atoms with Gasteiger partial charge in [0.25, 0.3) is 0 Å². The highest BCUT2D eigenvalue weighted by Gasteiger charge is 2.23. The van der Waals surface area contributed by atoms with Crippen LogP contribution < -0.4 is 5.19 Å². The van der Waals surface area contributed by atoms with Crippen molar-refractivity contribution < 1.29 is 5.11 Å². The van der Waals surface area contributed by atoms with Gasteiger partial charge in [0, 0.05) is 4.90 Å². The van der Waals surface area contributed by atoms with E-state index >= 15 is 0 Å². The second kappa shape index (κ2) is 5.63. The fourth-order valence-corrected chi connectivity index (χ4v) is 5.98. The molecule has 0 aromatic heterocycles. The molecule has 1 nitrogen and oxygen atoms in total. The van der Waals surface area contributed by atoms with Crippen molar-refractivity contribution in [2.75, 3.05) is 5.38 Å². The lowest BCUT2D eigenvalue weighted by atomic mass is 10.3. The van der Waals surface area contributed by atoms with Gasteiger partial charge in [-0.2, -0.15) is 0 Å². The Balaban J connectivity index is 2.03. The van der Waals surface area contributed by atoms with Crippen LogP contribution in [0.3, 0.4) is 0 Å². The first-order valence-electron chi connectivity index (χ1n) is 6.05. The van der Waals surface area contributed by atoms with Gasteiger partial charge in [-0.15, -0.1) is 11.8 Å². The summed E-state index contributed by atoms with van der Waals surface area (Å²) < 4.78 is 0. The molecule has 0 saturated carbocycles. The van der Waals surface area contributed by atoms with Crippen LogP contribution in [-0.4, -0.2) is 18.6 Å². The van der Waals surface area contributed by atoms with Crippen LogP contribution in [0.25, 0.3) is 0 Å². The molecule has 0 amide bonds. The molecule has 18 heavy (non-hydrogen) atoms. The van der Waals surface area contributed by atoms with Gasteiger partial charge in [-0.3, -0.25) is 0 Å². The van der Waals surface area contributed by atoms with Crippen molar-refractivity contribution in [1.82, 2.24) is 0 Å². The Kier molecular flexibility index (Phi) is 4.14. The molecule has 0 radical (unpaired) electrons. The summed E-state index contributed by atoms with van der Waals surface area (Å²) in [4.78, 5) is 1.23. The van der Waals surface area contributed by atoms with E-state index in [0.717, 1.165) is 5.38 Å². The lowest BCUT2D eigenvalue weighted by Gasteiger charge is -2.22. The van der Waals surface area contributed by atoms with Crippen molar-refractivity contribution in [1.29, 1.82) is 0 Å². The molecule has 0 aliphatic rings. The predicted octanol–water partition coefficient (Wildman–Crippen LogP) is 3.64. The van der Waals surface area contributed by atoms with Gasteiger partial charge in [0.15, 0.2) is 0 Å². The first-order valence-corrected chi connectivity index (χ1v) is 10.2. The van der Waals surface area contributed by atoms with E-state index in [9.17, 15) is 5.11 Å². The largest absolute Gasteiger partial charge is 0.508 e. The molecule has 0 fully saturated rings. The molecule has 3 heteroatoms. The maximum Gasteiger partial charge on any atom is 0.115 e. The van der Waals surface area contributed by atoms with Gasteiger partial charge >= 0.3 is 0 Å². The minimum atomic E-state index is -1.38. The average Bonchev–Trinajstić information content (AvgIpc) is 2.39. The number of hydrogen-bond donors (Lipinski definition) is 1. The molecule has 2 aromatic carbocycles. The van der Waals surface area contributed by atoms with Crippen molar-refractivity contribution in [3.8, 4) is 5.75 Å². The summed E-state index contributed by atoms with van der Waals surface area (Å²) in [6.45, 7) is 4.80. The van der Waals surface area contributed by atoms with Crippen LogP contribution in [0.1, 0.15) is 0 Å². The zero-order valence-electron chi connectivity index (χ0n) is 10.8. The number of benzene rings is 2. The van der Waals surface area contributed by atoms with Gasteiger partial charge in [0.1, 0.15) is 5.75 Å². The highest BCUT2D eigenvalue weighted by atomic mass is 32.2. The highest BCUT2D eigenvalue weighted by Crippen LogP contribution is 2.23. The third-order valence-corrected chi connectivity index (χ3v) is 8.96. The zero-order chi connectivity index (χ0) is 13.0. The summed E-state index contributed by atoms with van der Waals surface area (Å²) in [5.74, 6) is 0.332. The Morgan fingerprint density at radius 2 is 1.56 bits per heavy atom. The third kappa shape index (κ3) is 3.40. The van der Waals surface area contributed by atoms with Crippen molar-refractivity contribution in [2.24, 2.45) is 0 Å². The van der Waals surface area contributed by atoms with Gasteiger partial charge < -0.3 is 5.11 Å². The Hall–Kier alpha value is -1.19. The van der Waals surface area contributed by atoms with Crippen LogP contribution in [-0.2, 0) is 0 Å². The highest BCUT2D eigenvalue weighted by molar-refractivity contribution is 8.01. The van der Waals surface area contributed by atoms with E-state index < -0.39 is 8.07 Å². The Labute approximate surface area is 114 Å². The van der Waals surface area contributed by atoms with Crippen molar-refractivity contribution in [3.05, 3.63) is 54.6 Å². The Bertz CT molecular complexity index is 494. The molecule has 94 valence electrons. The van der Waals surface area contributed by atoms with E-state index in [1.54, 1.807) is 12.1 Å². The van der Waals surface area contributed by atoms with Crippen LogP contribution in [0.4, 0.5) is 0 Å². The first kappa shape index (κ1) is 13.2. The van der Waals surface area contributed by atoms with E-state index in [0.29, 0.717) is 5.75 Å². The quantitative estimate of drug-likeness (QED) is 0.678. The molecular weight excluding hydrogens is 256 g/mol. The zero-order valence-corrected chi connectivity index (χ0v) is 12.6. The second-order valence-electron chi connectivity index (χ2n) is 5.03. The summed E-state index contributed by atoms with van der Waals surface area (Å²) in [6, 6.07) is 18.3. The summed E-state index contributed by atoms with van der Waals surface area (Å²) >= 11 is 1.88. The average molecular weight is 274 g/mol. The van der Waals surface area contributed by atoms with Crippen LogP contribution >= 0.6 is 11.8 Å². The van der Waals surface area contributed by atoms with Gasteiger partial charge in [-0.05, 0) is 29.6 Å². The van der Waals surface area contributed by atoms with Crippen molar-refractivity contribution in [2.45, 2.75) is 18.0 Å². The van der Waals surface area contributed by atoms with Crippen LogP contribution in [0, 0.1) is 0 Å². The molecule has 0 aliphatic carbocycles. The van der Waals surface area contributed by atoms with Gasteiger partial charge in [0.2, 0.25) is 0 Å². The van der Waals surface area contributed by atoms with Gasteiger partial charge in [-0.1, -0.05) is 48.6 Å². The molecule has 1 N–H and O–H groups in total. The topological polar surface area (TPSA) is 20.2 Å². The summed E-state index contributed by atoms with van der Waals surface area (Å²) in [5.41, 5.74) is 0. The number of phenolic OH excluding ortho intramolecular Hbond substituents is 1. The predicted molar refractivity (Wildman–Crippen MR) is 82.4 cm³/mol. The molecule has 0 saturated heterocycles. The third-order valence-electron chi connectivity index (χ3n) is 2.99. The number of rotatable bonds is 4. The van der Waals surface area contributed by atoms with Gasteiger partial charge in [-0.25, -0.2) is 0 Å². The maximum absolute atomic E-state index is 9.26. The molecule has 2 rings (SSSR count). The second-order valence-corrected chi connectivity index (χ2v) is 11.3. The normalized spacial score (nSPS) is 11.4. The van der Waals surface area contributed by atoms with E-state index in [4.69, 9.17) is 0 Å². The molecule has 2 aromatic rings. The van der Waals surface area contributed by atoms with Crippen LogP contribution in [0.5, 0.6) is 5.75 Å².